The standard InChI is InChI=1S/C22H19F5N6O2/c23-14-8-32(20(35)21(24)4-5-21)9-15(14)31-19(34)12-3-1-2-11(6-12)16-7-13(22(25,26)27)17-18(28)29-10-30-33(16)17/h1-3,6-7,10,14-15H,4-5,8-9H2,(H,31,34)(H2,28,29,30)/t14-,15+/m0/s1. The van der Waals surface area contributed by atoms with Crippen LogP contribution in [0.25, 0.3) is 16.8 Å². The van der Waals surface area contributed by atoms with Gasteiger partial charge >= 0.3 is 6.18 Å². The van der Waals surface area contributed by atoms with E-state index in [9.17, 15) is 31.5 Å². The normalized spacial score (nSPS) is 21.3. The molecule has 2 aromatic heterocycles. The summed E-state index contributed by atoms with van der Waals surface area (Å²) in [5.41, 5.74) is 2.59. The first-order chi connectivity index (χ1) is 16.5. The molecule has 1 aromatic carbocycles. The van der Waals surface area contributed by atoms with Crippen molar-refractivity contribution >= 4 is 23.1 Å². The van der Waals surface area contributed by atoms with Gasteiger partial charge in [0.25, 0.3) is 11.8 Å². The molecule has 5 rings (SSSR count). The maximum atomic E-state index is 14.5. The number of fused-ring (bicyclic) bond motifs is 1. The number of hydrogen-bond acceptors (Lipinski definition) is 5. The average molecular weight is 494 g/mol. The summed E-state index contributed by atoms with van der Waals surface area (Å²) in [6.45, 7) is -0.501. The number of aromatic nitrogens is 3. The molecule has 0 unspecified atom stereocenters. The van der Waals surface area contributed by atoms with Crippen LogP contribution in [0.15, 0.2) is 36.7 Å². The largest absolute Gasteiger partial charge is 0.418 e. The number of carbonyl (C=O) groups is 2. The molecule has 1 saturated carbocycles. The van der Waals surface area contributed by atoms with Crippen LogP contribution >= 0.6 is 0 Å². The highest BCUT2D eigenvalue weighted by Crippen LogP contribution is 2.42. The maximum Gasteiger partial charge on any atom is 0.418 e. The Morgan fingerprint density at radius 3 is 2.60 bits per heavy atom. The number of benzene rings is 1. The van der Waals surface area contributed by atoms with Crippen LogP contribution in [-0.4, -0.2) is 62.3 Å². The van der Waals surface area contributed by atoms with E-state index in [0.717, 1.165) is 21.8 Å². The zero-order chi connectivity index (χ0) is 25.1. The lowest BCUT2D eigenvalue weighted by Gasteiger charge is -2.18. The summed E-state index contributed by atoms with van der Waals surface area (Å²) >= 11 is 0. The lowest BCUT2D eigenvalue weighted by Crippen LogP contribution is -2.42. The van der Waals surface area contributed by atoms with Crippen molar-refractivity contribution in [3.8, 4) is 11.3 Å². The molecule has 13 heteroatoms. The number of amides is 2. The molecular formula is C22H19F5N6O2. The van der Waals surface area contributed by atoms with Crippen molar-refractivity contribution < 1.29 is 31.5 Å². The highest BCUT2D eigenvalue weighted by molar-refractivity contribution is 5.96. The van der Waals surface area contributed by atoms with Gasteiger partial charge in [-0.1, -0.05) is 12.1 Å². The van der Waals surface area contributed by atoms with Gasteiger partial charge in [-0.3, -0.25) is 9.59 Å². The van der Waals surface area contributed by atoms with Gasteiger partial charge in [-0.05, 0) is 31.0 Å². The number of rotatable bonds is 4. The van der Waals surface area contributed by atoms with Gasteiger partial charge < -0.3 is 16.0 Å². The molecule has 0 radical (unpaired) electrons. The van der Waals surface area contributed by atoms with E-state index >= 15 is 0 Å². The van der Waals surface area contributed by atoms with Gasteiger partial charge in [-0.2, -0.15) is 18.3 Å². The van der Waals surface area contributed by atoms with Crippen molar-refractivity contribution in [2.24, 2.45) is 0 Å². The summed E-state index contributed by atoms with van der Waals surface area (Å²) in [5, 5.41) is 6.37. The SMILES string of the molecule is Nc1ncnn2c(-c3cccc(C(=O)N[C@@H]4CN(C(=O)C5(F)CC5)C[C@@H]4F)c3)cc(C(F)(F)F)c12. The molecule has 1 aliphatic carbocycles. The number of nitrogen functional groups attached to an aromatic ring is 1. The molecule has 2 atom stereocenters. The highest BCUT2D eigenvalue weighted by atomic mass is 19.4. The number of nitrogens with one attached hydrogen (secondary N) is 1. The smallest absolute Gasteiger partial charge is 0.382 e. The van der Waals surface area contributed by atoms with E-state index in [1.165, 1.54) is 24.3 Å². The summed E-state index contributed by atoms with van der Waals surface area (Å²) in [6.07, 6.45) is -5.09. The van der Waals surface area contributed by atoms with Crippen LogP contribution in [-0.2, 0) is 11.0 Å². The minimum Gasteiger partial charge on any atom is -0.382 e. The second-order valence-electron chi connectivity index (χ2n) is 8.70. The third-order valence-electron chi connectivity index (χ3n) is 6.23. The second-order valence-corrected chi connectivity index (χ2v) is 8.70. The highest BCUT2D eigenvalue weighted by Gasteiger charge is 2.54. The van der Waals surface area contributed by atoms with E-state index < -0.39 is 47.0 Å². The molecule has 1 aliphatic heterocycles. The van der Waals surface area contributed by atoms with Gasteiger partial charge in [-0.25, -0.2) is 18.3 Å². The molecule has 3 aromatic rings. The Kier molecular flexibility index (Phi) is 5.18. The summed E-state index contributed by atoms with van der Waals surface area (Å²) in [4.78, 5) is 29.7. The van der Waals surface area contributed by atoms with Gasteiger partial charge in [-0.15, -0.1) is 0 Å². The van der Waals surface area contributed by atoms with Gasteiger partial charge in [0.05, 0.1) is 23.8 Å². The fraction of sp³-hybridized carbons (Fsp3) is 0.364. The number of carbonyl (C=O) groups excluding carboxylic acids is 2. The summed E-state index contributed by atoms with van der Waals surface area (Å²) < 4.78 is 70.3. The predicted molar refractivity (Wildman–Crippen MR) is 114 cm³/mol. The van der Waals surface area contributed by atoms with E-state index in [4.69, 9.17) is 5.73 Å². The van der Waals surface area contributed by atoms with Crippen LogP contribution < -0.4 is 11.1 Å². The average Bonchev–Trinajstić information content (AvgIpc) is 3.26. The topological polar surface area (TPSA) is 106 Å². The molecule has 0 bridgehead atoms. The monoisotopic (exact) mass is 494 g/mol. The maximum absolute atomic E-state index is 14.5. The fourth-order valence-electron chi connectivity index (χ4n) is 4.23. The van der Waals surface area contributed by atoms with E-state index in [1.54, 1.807) is 0 Å². The van der Waals surface area contributed by atoms with Crippen molar-refractivity contribution in [2.75, 3.05) is 18.8 Å². The van der Waals surface area contributed by atoms with Gasteiger partial charge in [0.15, 0.2) is 11.5 Å². The Bertz CT molecular complexity index is 1340. The zero-order valence-electron chi connectivity index (χ0n) is 18.0. The molecule has 2 amide bonds. The third-order valence-corrected chi connectivity index (χ3v) is 6.23. The molecule has 0 spiro atoms. The predicted octanol–water partition coefficient (Wildman–Crippen LogP) is 2.78. The molecule has 1 saturated heterocycles. The van der Waals surface area contributed by atoms with E-state index in [1.807, 2.05) is 0 Å². The first kappa shape index (κ1) is 23.0. The van der Waals surface area contributed by atoms with Crippen LogP contribution in [0.1, 0.15) is 28.8 Å². The molecular weight excluding hydrogens is 475 g/mol. The third kappa shape index (κ3) is 4.04. The van der Waals surface area contributed by atoms with Crippen LogP contribution in [0.4, 0.5) is 27.8 Å². The number of alkyl halides is 5. The van der Waals surface area contributed by atoms with Crippen molar-refractivity contribution in [2.45, 2.75) is 36.9 Å². The number of likely N-dealkylation sites (tertiary alicyclic amines) is 1. The van der Waals surface area contributed by atoms with E-state index in [0.29, 0.717) is 0 Å². The molecule has 184 valence electrons. The molecule has 3 N–H and O–H groups in total. The lowest BCUT2D eigenvalue weighted by atomic mass is 10.1. The summed E-state index contributed by atoms with van der Waals surface area (Å²) in [5.74, 6) is -1.83. The summed E-state index contributed by atoms with van der Waals surface area (Å²) in [6, 6.07) is 5.51. The number of anilines is 1. The molecule has 2 aliphatic rings. The van der Waals surface area contributed by atoms with Crippen LogP contribution in [0.3, 0.4) is 0 Å². The molecule has 2 fully saturated rings. The van der Waals surface area contributed by atoms with Gasteiger partial charge in [0.1, 0.15) is 18.0 Å². The number of nitrogens with zero attached hydrogens (tertiary/aromatic N) is 4. The number of halogens is 5. The Morgan fingerprint density at radius 1 is 1.17 bits per heavy atom. The van der Waals surface area contributed by atoms with E-state index in [2.05, 4.69) is 15.4 Å². The van der Waals surface area contributed by atoms with Crippen molar-refractivity contribution in [1.82, 2.24) is 24.8 Å². The Labute approximate surface area is 194 Å². The van der Waals surface area contributed by atoms with Crippen LogP contribution in [0.5, 0.6) is 0 Å². The number of hydrogen-bond donors (Lipinski definition) is 2. The van der Waals surface area contributed by atoms with Gasteiger partial charge in [0, 0.05) is 17.7 Å². The summed E-state index contributed by atoms with van der Waals surface area (Å²) in [7, 11) is 0. The second kappa shape index (κ2) is 7.89. The minimum atomic E-state index is -4.72. The van der Waals surface area contributed by atoms with Crippen molar-refractivity contribution in [3.05, 3.63) is 47.8 Å². The number of nitrogens with two attached hydrogens (primary N) is 1. The molecule has 35 heavy (non-hydrogen) atoms. The zero-order valence-corrected chi connectivity index (χ0v) is 18.0. The molecule has 8 nitrogen and oxygen atoms in total. The van der Waals surface area contributed by atoms with Crippen molar-refractivity contribution in [1.29, 1.82) is 0 Å². The molecule has 3 heterocycles. The minimum absolute atomic E-state index is 0.0229. The first-order valence-corrected chi connectivity index (χ1v) is 10.7. The Hall–Kier alpha value is -3.77. The Balaban J connectivity index is 1.40. The van der Waals surface area contributed by atoms with Crippen LogP contribution in [0.2, 0.25) is 0 Å². The van der Waals surface area contributed by atoms with E-state index in [-0.39, 0.29) is 48.6 Å². The van der Waals surface area contributed by atoms with Crippen LogP contribution in [0, 0.1) is 0 Å². The quantitative estimate of drug-likeness (QED) is 0.543. The lowest BCUT2D eigenvalue weighted by molar-refractivity contribution is -0.137. The first-order valence-electron chi connectivity index (χ1n) is 10.7. The fourth-order valence-corrected chi connectivity index (χ4v) is 4.23. The Morgan fingerprint density at radius 2 is 1.91 bits per heavy atom. The van der Waals surface area contributed by atoms with Crippen molar-refractivity contribution in [3.63, 3.8) is 0 Å². The van der Waals surface area contributed by atoms with Gasteiger partial charge in [0.2, 0.25) is 0 Å².